The molecule has 1 aromatic heterocycles. The predicted octanol–water partition coefficient (Wildman–Crippen LogP) is 4.95. The second-order valence-corrected chi connectivity index (χ2v) is 11.6. The van der Waals surface area contributed by atoms with Crippen molar-refractivity contribution in [2.24, 2.45) is 0 Å². The number of carbonyl (C=O) groups is 1. The molecule has 2 aliphatic heterocycles. The summed E-state index contributed by atoms with van der Waals surface area (Å²) in [4.78, 5) is 26.9. The largest absolute Gasteiger partial charge is 0.490 e. The van der Waals surface area contributed by atoms with E-state index in [1.165, 1.54) is 0 Å². The number of hydrogen-bond acceptors (Lipinski definition) is 6. The molecule has 1 aromatic carbocycles. The number of urea groups is 1. The first kappa shape index (κ1) is 29.9. The number of likely N-dealkylation sites (tertiary alicyclic amines) is 1. The molecule has 2 saturated heterocycles. The van der Waals surface area contributed by atoms with Crippen LogP contribution < -0.4 is 15.0 Å². The molecule has 3 heterocycles. The van der Waals surface area contributed by atoms with E-state index in [0.717, 1.165) is 57.1 Å². The summed E-state index contributed by atoms with van der Waals surface area (Å²) in [5.41, 5.74) is -1.47. The Bertz CT molecular complexity index is 1060. The van der Waals surface area contributed by atoms with Crippen LogP contribution in [0.3, 0.4) is 0 Å². The van der Waals surface area contributed by atoms with Gasteiger partial charge in [0, 0.05) is 70.1 Å². The van der Waals surface area contributed by atoms with Crippen LogP contribution in [0.2, 0.25) is 0 Å². The molecule has 0 radical (unpaired) electrons. The van der Waals surface area contributed by atoms with E-state index in [0.29, 0.717) is 38.5 Å². The topological polar surface area (TPSA) is 73.8 Å². The van der Waals surface area contributed by atoms with Crippen molar-refractivity contribution in [1.82, 2.24) is 25.1 Å². The first-order valence-electron chi connectivity index (χ1n) is 14.2. The Hall–Kier alpha value is -3.08. The molecule has 1 N–H and O–H groups in total. The first-order chi connectivity index (χ1) is 19.0. The summed E-state index contributed by atoms with van der Waals surface area (Å²) in [5.74, 6) is 1.41. The van der Waals surface area contributed by atoms with Gasteiger partial charge in [0.25, 0.3) is 0 Å². The molecule has 0 aliphatic carbocycles. The van der Waals surface area contributed by atoms with E-state index in [4.69, 9.17) is 4.74 Å². The number of aromatic nitrogens is 2. The first-order valence-corrected chi connectivity index (χ1v) is 14.2. The molecule has 0 bridgehead atoms. The molecule has 220 valence electrons. The standard InChI is InChI=1S/C29H41F3N6O2/c1-28(2,3)26-34-24(29(30,31)32)21-25(35-26)37-19-17-36(18-20-37)14-8-7-13-33-27(39)38-15-11-23(12-16-38)40-22-9-5-4-6-10-22/h4-6,9-10,21,23H,7-8,11-20H2,1-3H3,(H,33,39). The summed E-state index contributed by atoms with van der Waals surface area (Å²) < 4.78 is 46.4. The highest BCUT2D eigenvalue weighted by atomic mass is 19.4. The van der Waals surface area contributed by atoms with Crippen molar-refractivity contribution in [2.75, 3.05) is 57.3 Å². The number of carbonyl (C=O) groups excluding carboxylic acids is 1. The van der Waals surface area contributed by atoms with Gasteiger partial charge in [-0.2, -0.15) is 13.2 Å². The third-order valence-corrected chi connectivity index (χ3v) is 7.32. The van der Waals surface area contributed by atoms with Crippen LogP contribution in [0.1, 0.15) is 58.0 Å². The van der Waals surface area contributed by atoms with Crippen LogP contribution in [0.4, 0.5) is 23.8 Å². The fourth-order valence-corrected chi connectivity index (χ4v) is 4.91. The van der Waals surface area contributed by atoms with Crippen LogP contribution in [-0.4, -0.2) is 84.3 Å². The van der Waals surface area contributed by atoms with Gasteiger partial charge in [-0.15, -0.1) is 0 Å². The lowest BCUT2D eigenvalue weighted by Gasteiger charge is -2.36. The molecule has 2 aromatic rings. The van der Waals surface area contributed by atoms with Gasteiger partial charge in [0.2, 0.25) is 0 Å². The molecular formula is C29H41F3N6O2. The normalized spacial score (nSPS) is 17.6. The van der Waals surface area contributed by atoms with Gasteiger partial charge >= 0.3 is 12.2 Å². The van der Waals surface area contributed by atoms with Gasteiger partial charge in [0.05, 0.1) is 0 Å². The minimum atomic E-state index is -4.51. The maximum Gasteiger partial charge on any atom is 0.433 e. The van der Waals surface area contributed by atoms with Crippen molar-refractivity contribution < 1.29 is 22.7 Å². The number of halogens is 3. The number of amides is 2. The molecule has 40 heavy (non-hydrogen) atoms. The Balaban J connectivity index is 1.13. The Morgan fingerprint density at radius 1 is 0.975 bits per heavy atom. The van der Waals surface area contributed by atoms with Gasteiger partial charge < -0.3 is 19.9 Å². The maximum atomic E-state index is 13.5. The van der Waals surface area contributed by atoms with E-state index >= 15 is 0 Å². The number of piperazine rings is 1. The summed E-state index contributed by atoms with van der Waals surface area (Å²) in [6.07, 6.45) is -0.935. The number of piperidine rings is 1. The van der Waals surface area contributed by atoms with Gasteiger partial charge in [-0.1, -0.05) is 39.0 Å². The smallest absolute Gasteiger partial charge is 0.433 e. The van der Waals surface area contributed by atoms with Gasteiger partial charge in [-0.05, 0) is 31.5 Å². The minimum Gasteiger partial charge on any atom is -0.490 e. The van der Waals surface area contributed by atoms with Crippen LogP contribution in [0.25, 0.3) is 0 Å². The van der Waals surface area contributed by atoms with Crippen molar-refractivity contribution in [1.29, 1.82) is 0 Å². The Labute approximate surface area is 234 Å². The summed E-state index contributed by atoms with van der Waals surface area (Å²) in [6, 6.07) is 10.8. The number of alkyl halides is 3. The van der Waals surface area contributed by atoms with Crippen LogP contribution in [-0.2, 0) is 11.6 Å². The summed E-state index contributed by atoms with van der Waals surface area (Å²) in [7, 11) is 0. The predicted molar refractivity (Wildman–Crippen MR) is 149 cm³/mol. The van der Waals surface area contributed by atoms with Crippen LogP contribution in [0.15, 0.2) is 36.4 Å². The number of para-hydroxylation sites is 1. The molecule has 2 fully saturated rings. The van der Waals surface area contributed by atoms with Crippen molar-refractivity contribution in [3.8, 4) is 5.75 Å². The maximum absolute atomic E-state index is 13.5. The molecular weight excluding hydrogens is 521 g/mol. The Kier molecular flexibility index (Phi) is 9.76. The Morgan fingerprint density at radius 2 is 1.65 bits per heavy atom. The number of benzene rings is 1. The fourth-order valence-electron chi connectivity index (χ4n) is 4.91. The highest BCUT2D eigenvalue weighted by Crippen LogP contribution is 2.32. The molecule has 4 rings (SSSR count). The monoisotopic (exact) mass is 562 g/mol. The zero-order valence-corrected chi connectivity index (χ0v) is 23.7. The molecule has 11 heteroatoms. The Morgan fingerprint density at radius 3 is 2.27 bits per heavy atom. The third-order valence-electron chi connectivity index (χ3n) is 7.32. The second-order valence-electron chi connectivity index (χ2n) is 11.6. The van der Waals surface area contributed by atoms with Crippen LogP contribution in [0.5, 0.6) is 5.75 Å². The molecule has 8 nitrogen and oxygen atoms in total. The van der Waals surface area contributed by atoms with Gasteiger partial charge in [0.15, 0.2) is 0 Å². The van der Waals surface area contributed by atoms with Gasteiger partial charge in [-0.3, -0.25) is 4.90 Å². The van der Waals surface area contributed by atoms with E-state index in [-0.39, 0.29) is 18.0 Å². The van der Waals surface area contributed by atoms with Crippen LogP contribution >= 0.6 is 0 Å². The summed E-state index contributed by atoms with van der Waals surface area (Å²) in [5, 5.41) is 3.03. The number of rotatable bonds is 8. The van der Waals surface area contributed by atoms with E-state index in [2.05, 4.69) is 20.2 Å². The average molecular weight is 563 g/mol. The van der Waals surface area contributed by atoms with Crippen LogP contribution in [0, 0.1) is 0 Å². The van der Waals surface area contributed by atoms with E-state index in [1.807, 2.05) is 60.9 Å². The molecule has 0 saturated carbocycles. The van der Waals surface area contributed by atoms with Crippen molar-refractivity contribution >= 4 is 11.8 Å². The molecule has 2 aliphatic rings. The zero-order chi connectivity index (χ0) is 28.8. The number of hydrogen-bond donors (Lipinski definition) is 1. The number of anilines is 1. The fraction of sp³-hybridized carbons (Fsp3) is 0.621. The van der Waals surface area contributed by atoms with Crippen molar-refractivity contribution in [3.05, 3.63) is 47.9 Å². The molecule has 0 spiro atoms. The second kappa shape index (κ2) is 13.1. The summed E-state index contributed by atoms with van der Waals surface area (Å²) >= 11 is 0. The molecule has 0 atom stereocenters. The quantitative estimate of drug-likeness (QED) is 0.459. The lowest BCUT2D eigenvalue weighted by Crippen LogP contribution is -2.47. The van der Waals surface area contributed by atoms with E-state index < -0.39 is 17.3 Å². The van der Waals surface area contributed by atoms with Gasteiger partial charge in [0.1, 0.15) is 29.2 Å². The van der Waals surface area contributed by atoms with E-state index in [1.54, 1.807) is 0 Å². The highest BCUT2D eigenvalue weighted by Gasteiger charge is 2.36. The molecule has 2 amide bonds. The average Bonchev–Trinajstić information content (AvgIpc) is 2.93. The van der Waals surface area contributed by atoms with Crippen molar-refractivity contribution in [3.63, 3.8) is 0 Å². The highest BCUT2D eigenvalue weighted by molar-refractivity contribution is 5.74. The lowest BCUT2D eigenvalue weighted by molar-refractivity contribution is -0.141. The third kappa shape index (κ3) is 8.46. The van der Waals surface area contributed by atoms with Gasteiger partial charge in [-0.25, -0.2) is 14.8 Å². The SMILES string of the molecule is CC(C)(C)c1nc(N2CCN(CCCCNC(=O)N3CCC(Oc4ccccc4)CC3)CC2)cc(C(F)(F)F)n1. The van der Waals surface area contributed by atoms with E-state index in [9.17, 15) is 18.0 Å². The minimum absolute atomic E-state index is 0.0236. The lowest BCUT2D eigenvalue weighted by atomic mass is 9.95. The number of nitrogens with one attached hydrogen (secondary N) is 1. The number of nitrogens with zero attached hydrogens (tertiary/aromatic N) is 5. The number of unbranched alkanes of at least 4 members (excludes halogenated alkanes) is 1. The molecule has 0 unspecified atom stereocenters. The number of ether oxygens (including phenoxy) is 1. The summed E-state index contributed by atoms with van der Waals surface area (Å²) in [6.45, 7) is 11.0. The van der Waals surface area contributed by atoms with Crippen molar-refractivity contribution in [2.45, 2.75) is 64.1 Å². The zero-order valence-electron chi connectivity index (χ0n) is 23.7.